The number of aromatic nitrogens is 1. The van der Waals surface area contributed by atoms with Gasteiger partial charge in [-0.05, 0) is 150 Å². The third-order valence-corrected chi connectivity index (χ3v) is 8.19. The van der Waals surface area contributed by atoms with Gasteiger partial charge in [-0.3, -0.25) is 4.90 Å². The van der Waals surface area contributed by atoms with E-state index in [1.54, 1.807) is 21.1 Å². The van der Waals surface area contributed by atoms with Crippen molar-refractivity contribution in [3.8, 4) is 101 Å². The van der Waals surface area contributed by atoms with Gasteiger partial charge in [0.2, 0.25) is 0 Å². The molecule has 5 nitrogen and oxygen atoms in total. The van der Waals surface area contributed by atoms with Gasteiger partial charge < -0.3 is 19.2 Å². The van der Waals surface area contributed by atoms with Crippen molar-refractivity contribution in [3.63, 3.8) is 0 Å². The third-order valence-electron chi connectivity index (χ3n) is 8.19. The summed E-state index contributed by atoms with van der Waals surface area (Å²) in [4.78, 5) is 6.25. The van der Waals surface area contributed by atoms with Crippen molar-refractivity contribution in [1.29, 1.82) is 0 Å². The summed E-state index contributed by atoms with van der Waals surface area (Å²) in [6, 6.07) is 19.5. The van der Waals surface area contributed by atoms with Crippen LogP contribution in [0.15, 0.2) is 54.6 Å². The van der Waals surface area contributed by atoms with Crippen LogP contribution in [0.1, 0.15) is 46.5 Å². The van der Waals surface area contributed by atoms with Gasteiger partial charge >= 0.3 is 0 Å². The van der Waals surface area contributed by atoms with Crippen molar-refractivity contribution in [2.24, 2.45) is 0 Å². The minimum absolute atomic E-state index is 0.328. The Morgan fingerprint density at radius 2 is 1.51 bits per heavy atom. The second kappa shape index (κ2) is 16.9. The summed E-state index contributed by atoms with van der Waals surface area (Å²) in [5, 5.41) is 1.27. The summed E-state index contributed by atoms with van der Waals surface area (Å²) in [6.45, 7) is 6.30. The minimum atomic E-state index is 0.328. The molecule has 0 radical (unpaired) electrons. The Morgan fingerprint density at radius 3 is 2.16 bits per heavy atom. The second-order valence-corrected chi connectivity index (χ2v) is 11.2. The highest BCUT2D eigenvalue weighted by Crippen LogP contribution is 2.44. The van der Waals surface area contributed by atoms with E-state index in [2.05, 4.69) is 142 Å². The van der Waals surface area contributed by atoms with Crippen molar-refractivity contribution in [3.05, 3.63) is 88.1 Å². The van der Waals surface area contributed by atoms with Gasteiger partial charge in [0.15, 0.2) is 11.5 Å². The van der Waals surface area contributed by atoms with E-state index in [1.165, 1.54) is 38.9 Å². The van der Waals surface area contributed by atoms with Crippen LogP contribution in [0.2, 0.25) is 0 Å². The number of hydrogen-bond donors (Lipinski definition) is 1. The Balaban J connectivity index is 0.000000266. The lowest BCUT2D eigenvalue weighted by atomic mass is 9.85. The first kappa shape index (κ1) is 33.8. The number of methoxy groups -OCH3 is 2. The number of nitrogens with zero attached hydrogens (tertiary/aromatic N) is 1. The predicted octanol–water partition coefficient (Wildman–Crippen LogP) is 6.39. The van der Waals surface area contributed by atoms with Crippen LogP contribution in [0.25, 0.3) is 10.9 Å². The van der Waals surface area contributed by atoms with Gasteiger partial charge in [0.25, 0.3) is 0 Å². The monoisotopic (exact) mass is 638 g/mol. The molecule has 2 aliphatic heterocycles. The molecule has 0 aliphatic carbocycles. The number of rotatable bonds is 5. The Labute approximate surface area is 289 Å². The van der Waals surface area contributed by atoms with Crippen LogP contribution in [-0.2, 0) is 26.0 Å². The van der Waals surface area contributed by atoms with E-state index in [-0.39, 0.29) is 0 Å². The van der Waals surface area contributed by atoms with Gasteiger partial charge in [-0.2, -0.15) is 0 Å². The number of ether oxygens (including phenoxy) is 3. The first-order valence-corrected chi connectivity index (χ1v) is 15.7. The zero-order valence-electron chi connectivity index (χ0n) is 28.1. The molecule has 0 spiro atoms. The van der Waals surface area contributed by atoms with Gasteiger partial charge in [0.1, 0.15) is 12.4 Å². The van der Waals surface area contributed by atoms with Crippen molar-refractivity contribution in [1.82, 2.24) is 9.88 Å². The molecular formula is C44H34N2O3. The fraction of sp³-hybridized carbons (Fsp3) is 0.227. The molecule has 0 amide bonds. The molecule has 1 atom stereocenters. The lowest BCUT2D eigenvalue weighted by Gasteiger charge is -2.40. The van der Waals surface area contributed by atoms with Crippen LogP contribution < -0.4 is 14.2 Å². The first-order valence-electron chi connectivity index (χ1n) is 15.7. The molecule has 1 unspecified atom stereocenters. The zero-order chi connectivity index (χ0) is 34.4. The maximum Gasteiger partial charge on any atom is 0.162 e. The highest BCUT2D eigenvalue weighted by molar-refractivity contribution is 5.86. The van der Waals surface area contributed by atoms with Crippen LogP contribution in [0.3, 0.4) is 0 Å². The van der Waals surface area contributed by atoms with Crippen LogP contribution >= 0.6 is 0 Å². The molecule has 2 aliphatic rings. The SMILES string of the molecule is C#CC#CC#CC#CC#CC#CC#CC.COc1ccc2[nH]c3c(c2c1)CC1c2cc(OCc4ccc(C)cc4)c(OC)cc2CCN1C3. The number of benzene rings is 3. The number of nitrogens with one attached hydrogen (secondary N) is 1. The first-order chi connectivity index (χ1) is 24.0. The molecule has 0 saturated carbocycles. The van der Waals surface area contributed by atoms with E-state index in [4.69, 9.17) is 20.6 Å². The predicted molar refractivity (Wildman–Crippen MR) is 195 cm³/mol. The molecule has 4 aromatic rings. The van der Waals surface area contributed by atoms with Crippen molar-refractivity contribution in [2.75, 3.05) is 20.8 Å². The fourth-order valence-electron chi connectivity index (χ4n) is 5.86. The molecule has 1 aromatic heterocycles. The number of fused-ring (bicyclic) bond motifs is 6. The number of hydrogen-bond acceptors (Lipinski definition) is 4. The largest absolute Gasteiger partial charge is 0.497 e. The smallest absolute Gasteiger partial charge is 0.162 e. The molecule has 3 aromatic carbocycles. The summed E-state index contributed by atoms with van der Waals surface area (Å²) in [5.41, 5.74) is 9.04. The fourth-order valence-corrected chi connectivity index (χ4v) is 5.86. The Hall–Kier alpha value is -6.52. The number of H-pyrrole nitrogens is 1. The standard InChI is InChI=1S/C29H30N2O3.C15H4/c1-18-4-6-19(7-5-18)17-34-29-15-22-20(12-28(29)33-3)10-11-31-16-26-24(14-27(22)31)23-13-21(32-2)8-9-25(23)30-26;1-3-5-7-9-11-13-15-14-12-10-8-6-4-2/h4-9,12-13,15,27,30H,10-11,14,16-17H2,1-3H3;1H,2H3. The zero-order valence-corrected chi connectivity index (χ0v) is 28.1. The summed E-state index contributed by atoms with van der Waals surface area (Å²) in [7, 11) is 3.45. The summed E-state index contributed by atoms with van der Waals surface area (Å²) in [5.74, 6) is 34.5. The number of aryl methyl sites for hydroxylation is 1. The maximum absolute atomic E-state index is 6.29. The molecule has 5 heteroatoms. The molecule has 0 bridgehead atoms. The highest BCUT2D eigenvalue weighted by Gasteiger charge is 2.34. The summed E-state index contributed by atoms with van der Waals surface area (Å²) in [6.07, 6.45) is 6.86. The van der Waals surface area contributed by atoms with Crippen LogP contribution in [0.4, 0.5) is 0 Å². The Bertz CT molecular complexity index is 2290. The quantitative estimate of drug-likeness (QED) is 0.258. The van der Waals surface area contributed by atoms with Crippen LogP contribution in [-0.4, -0.2) is 30.6 Å². The Morgan fingerprint density at radius 1 is 0.816 bits per heavy atom. The van der Waals surface area contributed by atoms with Gasteiger partial charge in [-0.1, -0.05) is 35.7 Å². The third kappa shape index (κ3) is 8.64. The minimum Gasteiger partial charge on any atom is -0.497 e. The van der Waals surface area contributed by atoms with E-state index in [9.17, 15) is 0 Å². The number of terminal acetylenes is 1. The normalized spacial score (nSPS) is 13.0. The average molecular weight is 639 g/mol. The Kier molecular flexibility index (Phi) is 11.6. The topological polar surface area (TPSA) is 46.7 Å². The molecule has 0 saturated heterocycles. The van der Waals surface area contributed by atoms with Gasteiger partial charge in [0.05, 0.1) is 14.2 Å². The molecule has 0 fully saturated rings. The van der Waals surface area contributed by atoms with Crippen molar-refractivity contribution < 1.29 is 14.2 Å². The van der Waals surface area contributed by atoms with E-state index < -0.39 is 0 Å². The average Bonchev–Trinajstić information content (AvgIpc) is 3.49. The van der Waals surface area contributed by atoms with E-state index in [0.29, 0.717) is 12.6 Å². The molecule has 49 heavy (non-hydrogen) atoms. The molecule has 3 heterocycles. The van der Waals surface area contributed by atoms with Gasteiger partial charge in [0, 0.05) is 35.7 Å². The molecule has 1 N–H and O–H groups in total. The van der Waals surface area contributed by atoms with Crippen molar-refractivity contribution >= 4 is 10.9 Å². The van der Waals surface area contributed by atoms with E-state index in [1.807, 2.05) is 6.07 Å². The highest BCUT2D eigenvalue weighted by atomic mass is 16.5. The number of aromatic amines is 1. The lowest BCUT2D eigenvalue weighted by molar-refractivity contribution is 0.158. The summed E-state index contributed by atoms with van der Waals surface area (Å²) < 4.78 is 17.5. The van der Waals surface area contributed by atoms with Crippen LogP contribution in [0, 0.1) is 90.3 Å². The van der Waals surface area contributed by atoms with Crippen molar-refractivity contribution in [2.45, 2.75) is 45.9 Å². The van der Waals surface area contributed by atoms with E-state index >= 15 is 0 Å². The van der Waals surface area contributed by atoms with Crippen LogP contribution in [0.5, 0.6) is 17.2 Å². The van der Waals surface area contributed by atoms with E-state index in [0.717, 1.165) is 48.7 Å². The maximum atomic E-state index is 6.29. The molecular weight excluding hydrogens is 604 g/mol. The molecule has 238 valence electrons. The molecule has 6 rings (SSSR count). The van der Waals surface area contributed by atoms with Gasteiger partial charge in [-0.25, -0.2) is 0 Å². The summed E-state index contributed by atoms with van der Waals surface area (Å²) >= 11 is 0. The lowest BCUT2D eigenvalue weighted by Crippen LogP contribution is -2.39. The second-order valence-electron chi connectivity index (χ2n) is 11.2. The van der Waals surface area contributed by atoms with Gasteiger partial charge in [-0.15, -0.1) is 6.42 Å².